The van der Waals surface area contributed by atoms with Crippen molar-refractivity contribution in [1.29, 1.82) is 0 Å². The number of sulfonamides is 1. The second-order valence-corrected chi connectivity index (χ2v) is 10.4. The first-order valence-corrected chi connectivity index (χ1v) is 12.2. The fraction of sp³-hybridized carbons (Fsp3) is 0.684. The van der Waals surface area contributed by atoms with Crippen molar-refractivity contribution in [2.24, 2.45) is 5.92 Å². The highest BCUT2D eigenvalue weighted by Gasteiger charge is 2.26. The van der Waals surface area contributed by atoms with E-state index in [1.165, 1.54) is 24.3 Å². The molecule has 0 aromatic heterocycles. The monoisotopic (exact) mass is 382 g/mol. The topological polar surface area (TPSA) is 49.4 Å². The molecule has 0 unspecified atom stereocenters. The van der Waals surface area contributed by atoms with Gasteiger partial charge in [0, 0.05) is 12.6 Å². The molecule has 25 heavy (non-hydrogen) atoms. The van der Waals surface area contributed by atoms with Gasteiger partial charge in [-0.2, -0.15) is 11.8 Å². The lowest BCUT2D eigenvalue weighted by Gasteiger charge is -2.39. The summed E-state index contributed by atoms with van der Waals surface area (Å²) in [6.07, 6.45) is 4.85. The lowest BCUT2D eigenvalue weighted by atomic mass is 9.95. The van der Waals surface area contributed by atoms with Crippen molar-refractivity contribution in [2.45, 2.75) is 44.4 Å². The summed E-state index contributed by atoms with van der Waals surface area (Å²) in [7, 11) is -3.25. The number of hydrogen-bond donors (Lipinski definition) is 1. The van der Waals surface area contributed by atoms with Crippen LogP contribution in [0.4, 0.5) is 0 Å². The van der Waals surface area contributed by atoms with Gasteiger partial charge in [-0.3, -0.25) is 0 Å². The van der Waals surface area contributed by atoms with Crippen LogP contribution in [0.25, 0.3) is 0 Å². The number of piperidine rings is 1. The van der Waals surface area contributed by atoms with Gasteiger partial charge in [0.25, 0.3) is 0 Å². The van der Waals surface area contributed by atoms with Crippen molar-refractivity contribution in [3.63, 3.8) is 0 Å². The van der Waals surface area contributed by atoms with Gasteiger partial charge in [-0.05, 0) is 68.7 Å². The van der Waals surface area contributed by atoms with E-state index in [1.807, 2.05) is 31.2 Å². The van der Waals surface area contributed by atoms with Crippen LogP contribution in [0.2, 0.25) is 0 Å². The molecule has 0 saturated carbocycles. The van der Waals surface area contributed by atoms with Crippen molar-refractivity contribution in [3.05, 3.63) is 35.4 Å². The molecule has 0 aliphatic carbocycles. The maximum Gasteiger partial charge on any atom is 0.215 e. The summed E-state index contributed by atoms with van der Waals surface area (Å²) in [4.78, 5) is 2.64. The van der Waals surface area contributed by atoms with Crippen LogP contribution in [0.1, 0.15) is 36.8 Å². The van der Waals surface area contributed by atoms with E-state index in [0.29, 0.717) is 12.5 Å². The molecular weight excluding hydrogens is 352 g/mol. The van der Waals surface area contributed by atoms with E-state index in [2.05, 4.69) is 21.4 Å². The Kier molecular flexibility index (Phi) is 6.83. The maximum absolute atomic E-state index is 12.3. The molecule has 2 heterocycles. The summed E-state index contributed by atoms with van der Waals surface area (Å²) in [5.41, 5.74) is 2.00. The van der Waals surface area contributed by atoms with Crippen LogP contribution in [0.3, 0.4) is 0 Å². The van der Waals surface area contributed by atoms with Gasteiger partial charge in [0.05, 0.1) is 5.75 Å². The molecule has 4 nitrogen and oxygen atoms in total. The summed E-state index contributed by atoms with van der Waals surface area (Å²) in [6.45, 7) is 4.84. The van der Waals surface area contributed by atoms with Gasteiger partial charge in [-0.1, -0.05) is 29.8 Å². The Bertz CT molecular complexity index is 632. The first-order valence-electron chi connectivity index (χ1n) is 9.36. The number of thioether (sulfide) groups is 1. The SMILES string of the molecule is Cc1ccc(CS(=O)(=O)NCC2CCN(C3CCSCC3)CC2)cc1. The molecule has 0 amide bonds. The Balaban J connectivity index is 1.42. The summed E-state index contributed by atoms with van der Waals surface area (Å²) in [6, 6.07) is 8.49. The molecule has 0 radical (unpaired) electrons. The van der Waals surface area contributed by atoms with Crippen LogP contribution in [0.5, 0.6) is 0 Å². The van der Waals surface area contributed by atoms with Crippen molar-refractivity contribution >= 4 is 21.8 Å². The van der Waals surface area contributed by atoms with Crippen LogP contribution in [0, 0.1) is 12.8 Å². The highest BCUT2D eigenvalue weighted by Crippen LogP contribution is 2.26. The van der Waals surface area contributed by atoms with E-state index in [4.69, 9.17) is 0 Å². The first kappa shape index (κ1) is 19.2. The molecule has 2 aliphatic rings. The molecule has 1 aromatic rings. The summed E-state index contributed by atoms with van der Waals surface area (Å²) >= 11 is 2.07. The smallest absolute Gasteiger partial charge is 0.215 e. The number of aryl methyl sites for hydroxylation is 1. The molecule has 6 heteroatoms. The molecule has 2 fully saturated rings. The third-order valence-electron chi connectivity index (χ3n) is 5.43. The highest BCUT2D eigenvalue weighted by molar-refractivity contribution is 7.99. The Hall–Kier alpha value is -0.560. The zero-order chi connectivity index (χ0) is 17.7. The standard InChI is InChI=1S/C19H30N2O2S2/c1-16-2-4-18(5-3-16)15-25(22,23)20-14-17-6-10-21(11-7-17)19-8-12-24-13-9-19/h2-5,17,19-20H,6-15H2,1H3. The molecule has 0 spiro atoms. The second kappa shape index (κ2) is 8.89. The third-order valence-corrected chi connectivity index (χ3v) is 7.79. The Labute approximate surface area is 156 Å². The minimum absolute atomic E-state index is 0.0753. The Morgan fingerprint density at radius 3 is 2.36 bits per heavy atom. The van der Waals surface area contributed by atoms with Gasteiger partial charge in [-0.15, -0.1) is 0 Å². The summed E-state index contributed by atoms with van der Waals surface area (Å²) in [5, 5.41) is 0. The van der Waals surface area contributed by atoms with E-state index in [0.717, 1.165) is 43.1 Å². The molecular formula is C19H30N2O2S2. The molecule has 2 aliphatic heterocycles. The van der Waals surface area contributed by atoms with Gasteiger partial charge in [0.1, 0.15) is 0 Å². The predicted octanol–water partition coefficient (Wildman–Crippen LogP) is 3.02. The largest absolute Gasteiger partial charge is 0.300 e. The van der Waals surface area contributed by atoms with E-state index < -0.39 is 10.0 Å². The number of nitrogens with one attached hydrogen (secondary N) is 1. The van der Waals surface area contributed by atoms with Gasteiger partial charge >= 0.3 is 0 Å². The van der Waals surface area contributed by atoms with Gasteiger partial charge in [0.15, 0.2) is 0 Å². The van der Waals surface area contributed by atoms with Gasteiger partial charge in [0.2, 0.25) is 10.0 Å². The first-order chi connectivity index (χ1) is 12.0. The number of hydrogen-bond acceptors (Lipinski definition) is 4. The van der Waals surface area contributed by atoms with Gasteiger partial charge in [-0.25, -0.2) is 13.1 Å². The van der Waals surface area contributed by atoms with Crippen molar-refractivity contribution in [2.75, 3.05) is 31.1 Å². The maximum atomic E-state index is 12.3. The fourth-order valence-electron chi connectivity index (χ4n) is 3.77. The van der Waals surface area contributed by atoms with Crippen LogP contribution in [-0.4, -0.2) is 50.5 Å². The average molecular weight is 383 g/mol. The van der Waals surface area contributed by atoms with E-state index >= 15 is 0 Å². The van der Waals surface area contributed by atoms with Crippen LogP contribution in [-0.2, 0) is 15.8 Å². The van der Waals surface area contributed by atoms with Crippen LogP contribution < -0.4 is 4.72 Å². The third kappa shape index (κ3) is 5.98. The Morgan fingerprint density at radius 1 is 1.08 bits per heavy atom. The van der Waals surface area contributed by atoms with Crippen molar-refractivity contribution < 1.29 is 8.42 Å². The van der Waals surface area contributed by atoms with Crippen LogP contribution in [0.15, 0.2) is 24.3 Å². The summed E-state index contributed by atoms with van der Waals surface area (Å²) < 4.78 is 27.5. The van der Waals surface area contributed by atoms with E-state index in [9.17, 15) is 8.42 Å². The normalized spacial score (nSPS) is 21.5. The number of nitrogens with zero attached hydrogens (tertiary/aromatic N) is 1. The lowest BCUT2D eigenvalue weighted by Crippen LogP contribution is -2.45. The lowest BCUT2D eigenvalue weighted by molar-refractivity contribution is 0.127. The van der Waals surface area contributed by atoms with Crippen LogP contribution >= 0.6 is 11.8 Å². The quantitative estimate of drug-likeness (QED) is 0.822. The van der Waals surface area contributed by atoms with E-state index in [1.54, 1.807) is 0 Å². The summed E-state index contributed by atoms with van der Waals surface area (Å²) in [5.74, 6) is 3.14. The minimum Gasteiger partial charge on any atom is -0.300 e. The van der Waals surface area contributed by atoms with E-state index in [-0.39, 0.29) is 5.75 Å². The highest BCUT2D eigenvalue weighted by atomic mass is 32.2. The number of likely N-dealkylation sites (tertiary alicyclic amines) is 1. The number of benzene rings is 1. The zero-order valence-corrected chi connectivity index (χ0v) is 16.7. The second-order valence-electron chi connectivity index (χ2n) is 7.42. The molecule has 1 aromatic carbocycles. The Morgan fingerprint density at radius 2 is 1.72 bits per heavy atom. The molecule has 3 rings (SSSR count). The number of rotatable bonds is 6. The minimum atomic E-state index is -3.25. The predicted molar refractivity (Wildman–Crippen MR) is 106 cm³/mol. The molecule has 0 bridgehead atoms. The molecule has 2 saturated heterocycles. The van der Waals surface area contributed by atoms with Crippen molar-refractivity contribution in [1.82, 2.24) is 9.62 Å². The molecule has 1 N–H and O–H groups in total. The molecule has 0 atom stereocenters. The van der Waals surface area contributed by atoms with Gasteiger partial charge < -0.3 is 4.90 Å². The van der Waals surface area contributed by atoms with Crippen molar-refractivity contribution in [3.8, 4) is 0 Å². The fourth-order valence-corrected chi connectivity index (χ4v) is 6.08. The molecule has 140 valence electrons. The zero-order valence-electron chi connectivity index (χ0n) is 15.1. The average Bonchev–Trinajstić information content (AvgIpc) is 2.63.